The molecule has 0 fully saturated rings. The molecule has 1 unspecified atom stereocenters. The van der Waals surface area contributed by atoms with Crippen LogP contribution in [-0.2, 0) is 0 Å². The molecule has 0 aliphatic rings. The van der Waals surface area contributed by atoms with Crippen molar-refractivity contribution in [2.75, 3.05) is 0 Å². The highest BCUT2D eigenvalue weighted by Crippen LogP contribution is 2.28. The minimum Gasteiger partial charge on any atom is -0.411 e. The van der Waals surface area contributed by atoms with Gasteiger partial charge in [0.2, 0.25) is 0 Å². The van der Waals surface area contributed by atoms with Gasteiger partial charge in [-0.2, -0.15) is 0 Å². The Labute approximate surface area is 133 Å². The number of pyridine rings is 1. The molecule has 0 spiro atoms. The SMILES string of the molecule is ON=C(c1ccccc1)C(c1ccccc1)c1ccc(F)cn1. The maximum atomic E-state index is 13.2. The highest BCUT2D eigenvalue weighted by atomic mass is 19.1. The van der Waals surface area contributed by atoms with Gasteiger partial charge in [-0.05, 0) is 17.7 Å². The zero-order valence-corrected chi connectivity index (χ0v) is 12.3. The average Bonchev–Trinajstić information content (AvgIpc) is 2.62. The van der Waals surface area contributed by atoms with Crippen LogP contribution in [0.15, 0.2) is 84.1 Å². The Hall–Kier alpha value is -3.01. The van der Waals surface area contributed by atoms with E-state index in [9.17, 15) is 9.60 Å². The summed E-state index contributed by atoms with van der Waals surface area (Å²) < 4.78 is 13.2. The van der Waals surface area contributed by atoms with Gasteiger partial charge < -0.3 is 5.21 Å². The maximum absolute atomic E-state index is 13.2. The van der Waals surface area contributed by atoms with E-state index in [4.69, 9.17) is 0 Å². The van der Waals surface area contributed by atoms with Gasteiger partial charge in [-0.15, -0.1) is 0 Å². The number of oxime groups is 1. The normalized spacial score (nSPS) is 12.8. The van der Waals surface area contributed by atoms with Crippen LogP contribution in [-0.4, -0.2) is 15.9 Å². The Morgan fingerprint density at radius 1 is 0.913 bits per heavy atom. The van der Waals surface area contributed by atoms with Crippen LogP contribution in [0.3, 0.4) is 0 Å². The third kappa shape index (κ3) is 3.26. The first-order valence-corrected chi connectivity index (χ1v) is 7.23. The van der Waals surface area contributed by atoms with Crippen molar-refractivity contribution in [1.29, 1.82) is 0 Å². The monoisotopic (exact) mass is 306 g/mol. The van der Waals surface area contributed by atoms with Crippen molar-refractivity contribution in [2.24, 2.45) is 5.16 Å². The van der Waals surface area contributed by atoms with E-state index in [2.05, 4.69) is 10.1 Å². The Balaban J connectivity index is 2.13. The molecule has 1 N–H and O–H groups in total. The summed E-state index contributed by atoms with van der Waals surface area (Å²) in [6.07, 6.45) is 1.17. The lowest BCUT2D eigenvalue weighted by atomic mass is 9.87. The van der Waals surface area contributed by atoms with Crippen LogP contribution in [0.25, 0.3) is 0 Å². The standard InChI is InChI=1S/C19H15FN2O/c20-16-11-12-17(21-13-16)18(14-7-3-1-4-8-14)19(22-23)15-9-5-2-6-10-15/h1-13,18,23H. The summed E-state index contributed by atoms with van der Waals surface area (Å²) in [5.74, 6) is -0.785. The number of rotatable bonds is 4. The minimum absolute atomic E-state index is 0.385. The van der Waals surface area contributed by atoms with Crippen molar-refractivity contribution in [2.45, 2.75) is 5.92 Å². The van der Waals surface area contributed by atoms with Gasteiger partial charge in [0.1, 0.15) is 11.5 Å². The van der Waals surface area contributed by atoms with Gasteiger partial charge in [-0.25, -0.2) is 4.39 Å². The van der Waals surface area contributed by atoms with E-state index in [1.807, 2.05) is 60.7 Å². The van der Waals surface area contributed by atoms with Gasteiger partial charge in [0.05, 0.1) is 17.8 Å². The Morgan fingerprint density at radius 3 is 2.13 bits per heavy atom. The minimum atomic E-state index is -0.400. The topological polar surface area (TPSA) is 45.5 Å². The van der Waals surface area contributed by atoms with Crippen LogP contribution in [0.1, 0.15) is 22.7 Å². The van der Waals surface area contributed by atoms with Gasteiger partial charge in [0, 0.05) is 5.56 Å². The van der Waals surface area contributed by atoms with Crippen molar-refractivity contribution < 1.29 is 9.60 Å². The summed E-state index contributed by atoms with van der Waals surface area (Å²) in [7, 11) is 0. The molecule has 0 amide bonds. The predicted octanol–water partition coefficient (Wildman–Crippen LogP) is 4.23. The van der Waals surface area contributed by atoms with E-state index in [-0.39, 0.29) is 5.92 Å². The van der Waals surface area contributed by atoms with Crippen molar-refractivity contribution in [1.82, 2.24) is 4.98 Å². The van der Waals surface area contributed by atoms with Crippen LogP contribution >= 0.6 is 0 Å². The Bertz CT molecular complexity index is 787. The van der Waals surface area contributed by atoms with Gasteiger partial charge in [0.15, 0.2) is 0 Å². The molecule has 3 aromatic rings. The highest BCUT2D eigenvalue weighted by molar-refractivity contribution is 6.06. The summed E-state index contributed by atoms with van der Waals surface area (Å²) in [5.41, 5.74) is 2.79. The molecule has 4 heteroatoms. The third-order valence-corrected chi connectivity index (χ3v) is 3.63. The van der Waals surface area contributed by atoms with E-state index in [1.165, 1.54) is 12.3 Å². The first-order valence-electron chi connectivity index (χ1n) is 7.23. The number of nitrogens with zero attached hydrogens (tertiary/aromatic N) is 2. The lowest BCUT2D eigenvalue weighted by molar-refractivity contribution is 0.317. The fourth-order valence-electron chi connectivity index (χ4n) is 2.56. The molecule has 0 aliphatic carbocycles. The highest BCUT2D eigenvalue weighted by Gasteiger charge is 2.24. The number of aromatic nitrogens is 1. The second-order valence-corrected chi connectivity index (χ2v) is 5.10. The molecule has 0 radical (unpaired) electrons. The largest absolute Gasteiger partial charge is 0.411 e. The summed E-state index contributed by atoms with van der Waals surface area (Å²) >= 11 is 0. The molecular formula is C19H15FN2O. The van der Waals surface area contributed by atoms with Crippen molar-refractivity contribution in [3.63, 3.8) is 0 Å². The third-order valence-electron chi connectivity index (χ3n) is 3.63. The lowest BCUT2D eigenvalue weighted by Gasteiger charge is -2.18. The second-order valence-electron chi connectivity index (χ2n) is 5.10. The molecule has 0 bridgehead atoms. The summed E-state index contributed by atoms with van der Waals surface area (Å²) in [6, 6.07) is 22.0. The van der Waals surface area contributed by atoms with Crippen LogP contribution in [0.5, 0.6) is 0 Å². The van der Waals surface area contributed by atoms with Crippen LogP contribution in [0.4, 0.5) is 4.39 Å². The van der Waals surface area contributed by atoms with Gasteiger partial charge in [-0.1, -0.05) is 65.8 Å². The first-order chi connectivity index (χ1) is 11.3. The zero-order valence-electron chi connectivity index (χ0n) is 12.3. The van der Waals surface area contributed by atoms with Crippen molar-refractivity contribution in [3.05, 3.63) is 102 Å². The predicted molar refractivity (Wildman–Crippen MR) is 87.2 cm³/mol. The molecule has 23 heavy (non-hydrogen) atoms. The lowest BCUT2D eigenvalue weighted by Crippen LogP contribution is -2.17. The molecule has 3 nitrogen and oxygen atoms in total. The van der Waals surface area contributed by atoms with Gasteiger partial charge in [-0.3, -0.25) is 4.98 Å². The molecule has 0 aliphatic heterocycles. The average molecular weight is 306 g/mol. The quantitative estimate of drug-likeness (QED) is 0.445. The van der Waals surface area contributed by atoms with Gasteiger partial charge in [0.25, 0.3) is 0 Å². The number of hydrogen-bond acceptors (Lipinski definition) is 3. The van der Waals surface area contributed by atoms with E-state index in [1.54, 1.807) is 6.07 Å². The zero-order chi connectivity index (χ0) is 16.1. The van der Waals surface area contributed by atoms with E-state index >= 15 is 0 Å². The van der Waals surface area contributed by atoms with Crippen LogP contribution < -0.4 is 0 Å². The van der Waals surface area contributed by atoms with E-state index in [0.29, 0.717) is 11.4 Å². The molecule has 0 saturated carbocycles. The molecule has 2 aromatic carbocycles. The molecular weight excluding hydrogens is 291 g/mol. The van der Waals surface area contributed by atoms with E-state index in [0.717, 1.165) is 11.1 Å². The van der Waals surface area contributed by atoms with Crippen molar-refractivity contribution >= 4 is 5.71 Å². The fraction of sp³-hybridized carbons (Fsp3) is 0.0526. The molecule has 1 aromatic heterocycles. The summed E-state index contributed by atoms with van der Waals surface area (Å²) in [4.78, 5) is 4.18. The van der Waals surface area contributed by atoms with Gasteiger partial charge >= 0.3 is 0 Å². The first kappa shape index (κ1) is 14.9. The molecule has 1 heterocycles. The van der Waals surface area contributed by atoms with Crippen LogP contribution in [0, 0.1) is 5.82 Å². The second kappa shape index (κ2) is 6.83. The summed E-state index contributed by atoms with van der Waals surface area (Å²) in [6.45, 7) is 0. The number of halogens is 1. The number of benzene rings is 2. The Morgan fingerprint density at radius 2 is 1.57 bits per heavy atom. The molecule has 3 rings (SSSR count). The molecule has 0 saturated heterocycles. The molecule has 1 atom stereocenters. The smallest absolute Gasteiger partial charge is 0.141 e. The fourth-order valence-corrected chi connectivity index (χ4v) is 2.56. The Kier molecular flexibility index (Phi) is 4.43. The van der Waals surface area contributed by atoms with Crippen molar-refractivity contribution in [3.8, 4) is 0 Å². The number of hydrogen-bond donors (Lipinski definition) is 1. The summed E-state index contributed by atoms with van der Waals surface area (Å²) in [5, 5.41) is 13.1. The maximum Gasteiger partial charge on any atom is 0.141 e. The van der Waals surface area contributed by atoms with E-state index < -0.39 is 5.82 Å². The van der Waals surface area contributed by atoms with Crippen LogP contribution in [0.2, 0.25) is 0 Å². The molecule has 114 valence electrons.